The van der Waals surface area contributed by atoms with Gasteiger partial charge in [0.05, 0.1) is 5.92 Å². The first kappa shape index (κ1) is 13.1. The Kier molecular flexibility index (Phi) is 3.44. The molecular weight excluding hydrogens is 226 g/mol. The van der Waals surface area contributed by atoms with Crippen molar-refractivity contribution in [3.63, 3.8) is 0 Å². The summed E-state index contributed by atoms with van der Waals surface area (Å²) in [6.07, 6.45) is 0. The van der Waals surface area contributed by atoms with E-state index in [1.165, 1.54) is 5.56 Å². The molecular formula is C15H21NO2. The van der Waals surface area contributed by atoms with Crippen molar-refractivity contribution < 1.29 is 9.90 Å². The Bertz CT molecular complexity index is 448. The van der Waals surface area contributed by atoms with Crippen LogP contribution in [0.15, 0.2) is 24.3 Å². The fraction of sp³-hybridized carbons (Fsp3) is 0.533. The van der Waals surface area contributed by atoms with Crippen molar-refractivity contribution in [2.24, 2.45) is 5.92 Å². The fourth-order valence-electron chi connectivity index (χ4n) is 2.52. The highest BCUT2D eigenvalue weighted by molar-refractivity contribution is 5.72. The third kappa shape index (κ3) is 2.56. The van der Waals surface area contributed by atoms with E-state index in [1.54, 1.807) is 0 Å². The number of carbonyl (C=O) groups is 1. The van der Waals surface area contributed by atoms with Gasteiger partial charge in [-0.05, 0) is 16.5 Å². The summed E-state index contributed by atoms with van der Waals surface area (Å²) in [5.41, 5.74) is 2.50. The van der Waals surface area contributed by atoms with Crippen LogP contribution in [0.4, 0.5) is 0 Å². The molecule has 1 saturated heterocycles. The van der Waals surface area contributed by atoms with Crippen LogP contribution in [-0.2, 0) is 10.2 Å². The van der Waals surface area contributed by atoms with Gasteiger partial charge in [-0.15, -0.1) is 0 Å². The van der Waals surface area contributed by atoms with E-state index in [0.717, 1.165) is 12.1 Å². The Balaban J connectivity index is 2.31. The zero-order valence-electron chi connectivity index (χ0n) is 11.2. The van der Waals surface area contributed by atoms with Gasteiger partial charge in [-0.1, -0.05) is 45.0 Å². The second-order valence-electron chi connectivity index (χ2n) is 6.08. The van der Waals surface area contributed by atoms with Crippen molar-refractivity contribution in [1.29, 1.82) is 0 Å². The molecule has 0 bridgehead atoms. The molecule has 1 aromatic carbocycles. The average Bonchev–Trinajstić information content (AvgIpc) is 2.77. The van der Waals surface area contributed by atoms with Crippen LogP contribution in [0.3, 0.4) is 0 Å². The van der Waals surface area contributed by atoms with Crippen molar-refractivity contribution in [3.8, 4) is 0 Å². The zero-order valence-corrected chi connectivity index (χ0v) is 11.2. The number of benzene rings is 1. The van der Waals surface area contributed by atoms with Crippen LogP contribution >= 0.6 is 0 Å². The molecule has 0 amide bonds. The van der Waals surface area contributed by atoms with Crippen LogP contribution < -0.4 is 5.32 Å². The van der Waals surface area contributed by atoms with Crippen LogP contribution in [0.5, 0.6) is 0 Å². The molecule has 0 unspecified atom stereocenters. The predicted molar refractivity (Wildman–Crippen MR) is 71.9 cm³/mol. The summed E-state index contributed by atoms with van der Waals surface area (Å²) in [5, 5.41) is 12.4. The summed E-state index contributed by atoms with van der Waals surface area (Å²) < 4.78 is 0. The first-order valence-electron chi connectivity index (χ1n) is 6.43. The monoisotopic (exact) mass is 247 g/mol. The molecule has 0 saturated carbocycles. The van der Waals surface area contributed by atoms with Crippen LogP contribution in [0, 0.1) is 5.92 Å². The average molecular weight is 247 g/mol. The fourth-order valence-corrected chi connectivity index (χ4v) is 2.52. The molecule has 1 aliphatic rings. The summed E-state index contributed by atoms with van der Waals surface area (Å²) in [5.74, 6) is -0.920. The molecule has 1 heterocycles. The molecule has 0 spiro atoms. The highest BCUT2D eigenvalue weighted by atomic mass is 16.4. The Morgan fingerprint density at radius 1 is 1.33 bits per heavy atom. The maximum absolute atomic E-state index is 11.2. The largest absolute Gasteiger partial charge is 0.481 e. The van der Waals surface area contributed by atoms with Crippen LogP contribution in [0.2, 0.25) is 0 Å². The van der Waals surface area contributed by atoms with E-state index in [2.05, 4.69) is 38.2 Å². The molecule has 1 aromatic rings. The third-order valence-electron chi connectivity index (χ3n) is 3.71. The summed E-state index contributed by atoms with van der Waals surface area (Å²) in [6, 6.07) is 8.35. The highest BCUT2D eigenvalue weighted by Crippen LogP contribution is 2.31. The van der Waals surface area contributed by atoms with E-state index in [-0.39, 0.29) is 17.3 Å². The molecule has 1 fully saturated rings. The molecule has 3 nitrogen and oxygen atoms in total. The molecule has 2 N–H and O–H groups in total. The van der Waals surface area contributed by atoms with E-state index in [9.17, 15) is 9.90 Å². The Labute approximate surface area is 108 Å². The summed E-state index contributed by atoms with van der Waals surface area (Å²) in [6.45, 7) is 7.85. The molecule has 0 aliphatic carbocycles. The van der Waals surface area contributed by atoms with E-state index < -0.39 is 5.97 Å². The van der Waals surface area contributed by atoms with Gasteiger partial charge in [0.15, 0.2) is 0 Å². The second-order valence-corrected chi connectivity index (χ2v) is 6.08. The van der Waals surface area contributed by atoms with Crippen molar-refractivity contribution >= 4 is 5.97 Å². The Morgan fingerprint density at radius 2 is 2.06 bits per heavy atom. The van der Waals surface area contributed by atoms with Gasteiger partial charge < -0.3 is 10.4 Å². The van der Waals surface area contributed by atoms with Gasteiger partial charge in [-0.25, -0.2) is 0 Å². The number of aliphatic carboxylic acids is 1. The van der Waals surface area contributed by atoms with Gasteiger partial charge in [-0.3, -0.25) is 4.79 Å². The molecule has 2 rings (SSSR count). The van der Waals surface area contributed by atoms with Gasteiger partial charge >= 0.3 is 5.97 Å². The third-order valence-corrected chi connectivity index (χ3v) is 3.71. The smallest absolute Gasteiger partial charge is 0.308 e. The first-order valence-corrected chi connectivity index (χ1v) is 6.43. The van der Waals surface area contributed by atoms with Crippen molar-refractivity contribution in [2.75, 3.05) is 13.1 Å². The lowest BCUT2D eigenvalue weighted by Crippen LogP contribution is -2.21. The lowest BCUT2D eigenvalue weighted by Gasteiger charge is -2.22. The Morgan fingerprint density at radius 3 is 2.67 bits per heavy atom. The zero-order chi connectivity index (χ0) is 13.3. The molecule has 98 valence electrons. The SMILES string of the molecule is CC(C)(C)c1cccc([C@H]2CNC[C@@H]2C(=O)O)c1. The van der Waals surface area contributed by atoms with Gasteiger partial charge in [0.25, 0.3) is 0 Å². The van der Waals surface area contributed by atoms with Crippen LogP contribution in [0.1, 0.15) is 37.8 Å². The molecule has 18 heavy (non-hydrogen) atoms. The molecule has 1 aliphatic heterocycles. The van der Waals surface area contributed by atoms with Crippen molar-refractivity contribution in [2.45, 2.75) is 32.1 Å². The molecule has 2 atom stereocenters. The second kappa shape index (κ2) is 4.73. The Hall–Kier alpha value is -1.35. The van der Waals surface area contributed by atoms with E-state index in [1.807, 2.05) is 12.1 Å². The molecule has 0 aromatic heterocycles. The quantitative estimate of drug-likeness (QED) is 0.843. The van der Waals surface area contributed by atoms with Crippen molar-refractivity contribution in [1.82, 2.24) is 5.32 Å². The maximum atomic E-state index is 11.2. The minimum atomic E-state index is -0.703. The standard InChI is InChI=1S/C15H21NO2/c1-15(2,3)11-6-4-5-10(7-11)12-8-16-9-13(12)14(17)18/h4-7,12-13,16H,8-9H2,1-3H3,(H,17,18)/t12-,13+/m1/s1. The minimum absolute atomic E-state index is 0.0878. The molecule has 0 radical (unpaired) electrons. The number of rotatable bonds is 2. The topological polar surface area (TPSA) is 49.3 Å². The summed E-state index contributed by atoms with van der Waals surface area (Å²) in [7, 11) is 0. The van der Waals surface area contributed by atoms with E-state index in [0.29, 0.717) is 6.54 Å². The number of carboxylic acid groups (broad SMARTS) is 1. The van der Waals surface area contributed by atoms with Crippen LogP contribution in [0.25, 0.3) is 0 Å². The van der Waals surface area contributed by atoms with Gasteiger partial charge in [0.1, 0.15) is 0 Å². The number of hydrogen-bond acceptors (Lipinski definition) is 2. The number of carboxylic acids is 1. The van der Waals surface area contributed by atoms with Crippen LogP contribution in [-0.4, -0.2) is 24.2 Å². The van der Waals surface area contributed by atoms with Gasteiger partial charge in [0.2, 0.25) is 0 Å². The highest BCUT2D eigenvalue weighted by Gasteiger charge is 2.34. The van der Waals surface area contributed by atoms with E-state index in [4.69, 9.17) is 0 Å². The number of nitrogens with one attached hydrogen (secondary N) is 1. The first-order chi connectivity index (χ1) is 8.39. The number of hydrogen-bond donors (Lipinski definition) is 2. The molecule has 3 heteroatoms. The predicted octanol–water partition coefficient (Wildman–Crippen LogP) is 2.37. The normalized spacial score (nSPS) is 24.2. The minimum Gasteiger partial charge on any atom is -0.481 e. The summed E-state index contributed by atoms with van der Waals surface area (Å²) in [4.78, 5) is 11.2. The maximum Gasteiger partial charge on any atom is 0.308 e. The van der Waals surface area contributed by atoms with Gasteiger partial charge in [0, 0.05) is 19.0 Å². The lowest BCUT2D eigenvalue weighted by atomic mass is 9.82. The van der Waals surface area contributed by atoms with E-state index >= 15 is 0 Å². The summed E-state index contributed by atoms with van der Waals surface area (Å²) >= 11 is 0. The lowest BCUT2D eigenvalue weighted by molar-refractivity contribution is -0.141. The van der Waals surface area contributed by atoms with Crippen molar-refractivity contribution in [3.05, 3.63) is 35.4 Å². The van der Waals surface area contributed by atoms with Gasteiger partial charge in [-0.2, -0.15) is 0 Å².